The zero-order valence-electron chi connectivity index (χ0n) is 14.3. The largest absolute Gasteiger partial charge is 0.491 e. The van der Waals surface area contributed by atoms with E-state index in [1.807, 2.05) is 39.8 Å². The third-order valence-corrected chi connectivity index (χ3v) is 5.11. The summed E-state index contributed by atoms with van der Waals surface area (Å²) in [6.45, 7) is 9.56. The van der Waals surface area contributed by atoms with E-state index in [1.54, 1.807) is 19.3 Å². The summed E-state index contributed by atoms with van der Waals surface area (Å²) in [5.41, 5.74) is 7.41. The summed E-state index contributed by atoms with van der Waals surface area (Å²) in [6.07, 6.45) is 5.21. The molecule has 23 heavy (non-hydrogen) atoms. The number of hydrogen-bond acceptors (Lipinski definition) is 6. The first-order valence-corrected chi connectivity index (χ1v) is 8.50. The molecule has 0 atom stereocenters. The Balaban J connectivity index is 2.32. The van der Waals surface area contributed by atoms with Crippen molar-refractivity contribution >= 4 is 35.8 Å². The quantitative estimate of drug-likeness (QED) is 0.854. The Morgan fingerprint density at radius 1 is 1.35 bits per heavy atom. The minimum atomic E-state index is -0.501. The van der Waals surface area contributed by atoms with Crippen LogP contribution in [0.3, 0.4) is 0 Å². The van der Waals surface area contributed by atoms with Gasteiger partial charge in [-0.1, -0.05) is 17.8 Å². The molecule has 0 unspecified atom stereocenters. The van der Waals surface area contributed by atoms with Gasteiger partial charge in [-0.25, -0.2) is 0 Å². The van der Waals surface area contributed by atoms with Crippen LogP contribution in [0.1, 0.15) is 40.2 Å². The number of nitrogens with zero attached hydrogens (tertiary/aromatic N) is 1. The molecule has 0 aliphatic carbocycles. The van der Waals surface area contributed by atoms with Gasteiger partial charge < -0.3 is 15.0 Å². The van der Waals surface area contributed by atoms with Crippen molar-refractivity contribution in [2.24, 2.45) is 0 Å². The molecule has 1 aliphatic heterocycles. The Morgan fingerprint density at radius 2 is 1.96 bits per heavy atom. The minimum Gasteiger partial charge on any atom is -0.400 e. The number of anilines is 1. The second-order valence-electron chi connectivity index (χ2n) is 6.59. The second kappa shape index (κ2) is 6.67. The maximum atomic E-state index is 11.4. The molecule has 2 N–H and O–H groups in total. The lowest BCUT2D eigenvalue weighted by Crippen LogP contribution is -2.41. The van der Waals surface area contributed by atoms with Crippen LogP contribution in [0.5, 0.6) is 0 Å². The molecule has 1 aromatic rings. The van der Waals surface area contributed by atoms with E-state index in [0.717, 1.165) is 11.0 Å². The van der Waals surface area contributed by atoms with Crippen molar-refractivity contribution in [3.63, 3.8) is 0 Å². The fourth-order valence-corrected chi connectivity index (χ4v) is 2.70. The number of hydrogen-bond donors (Lipinski definition) is 1. The fourth-order valence-electron chi connectivity index (χ4n) is 2.11. The average Bonchev–Trinajstić information content (AvgIpc) is 2.65. The van der Waals surface area contributed by atoms with Gasteiger partial charge in [0.1, 0.15) is 0 Å². The molecule has 0 aromatic carbocycles. The average molecular weight is 334 g/mol. The van der Waals surface area contributed by atoms with Crippen LogP contribution in [0.15, 0.2) is 23.9 Å². The number of carbonyl (C=O) groups excluding carboxylic acids is 1. The van der Waals surface area contributed by atoms with Crippen molar-refractivity contribution < 1.29 is 14.1 Å². The van der Waals surface area contributed by atoms with Crippen molar-refractivity contribution in [2.45, 2.75) is 45.8 Å². The highest BCUT2D eigenvalue weighted by Crippen LogP contribution is 2.39. The fraction of sp³-hybridized carbons (Fsp3) is 0.500. The van der Waals surface area contributed by atoms with Gasteiger partial charge in [0.25, 0.3) is 0 Å². The molecule has 1 fully saturated rings. The van der Waals surface area contributed by atoms with Gasteiger partial charge >= 0.3 is 7.12 Å². The zero-order valence-corrected chi connectivity index (χ0v) is 15.1. The number of nitrogen functional groups attached to an aromatic ring is 1. The lowest BCUT2D eigenvalue weighted by atomic mass is 9.78. The Kier molecular flexibility index (Phi) is 5.23. The summed E-state index contributed by atoms with van der Waals surface area (Å²) in [6, 6.07) is 1.83. The third kappa shape index (κ3) is 4.16. The van der Waals surface area contributed by atoms with Gasteiger partial charge in [-0.2, -0.15) is 0 Å². The molecule has 0 saturated carbocycles. The molecule has 0 bridgehead atoms. The summed E-state index contributed by atoms with van der Waals surface area (Å²) in [7, 11) is -0.501. The van der Waals surface area contributed by atoms with Crippen molar-refractivity contribution in [1.29, 1.82) is 0 Å². The molecule has 0 amide bonds. The van der Waals surface area contributed by atoms with Gasteiger partial charge in [-0.15, -0.1) is 0 Å². The van der Waals surface area contributed by atoms with Gasteiger partial charge in [0, 0.05) is 18.9 Å². The van der Waals surface area contributed by atoms with Gasteiger partial charge in [0.15, 0.2) is 5.12 Å². The van der Waals surface area contributed by atoms with E-state index in [4.69, 9.17) is 15.0 Å². The van der Waals surface area contributed by atoms with Crippen molar-refractivity contribution in [3.8, 4) is 0 Å². The lowest BCUT2D eigenvalue weighted by molar-refractivity contribution is -0.109. The van der Waals surface area contributed by atoms with Gasteiger partial charge in [-0.3, -0.25) is 9.78 Å². The molecule has 2 rings (SSSR count). The van der Waals surface area contributed by atoms with Crippen LogP contribution < -0.4 is 5.73 Å². The first kappa shape index (κ1) is 18.0. The van der Waals surface area contributed by atoms with Crippen molar-refractivity contribution in [1.82, 2.24) is 4.98 Å². The minimum absolute atomic E-state index is 0.0510. The predicted molar refractivity (Wildman–Crippen MR) is 95.8 cm³/mol. The first-order chi connectivity index (χ1) is 10.6. The van der Waals surface area contributed by atoms with Crippen LogP contribution in [-0.2, 0) is 14.1 Å². The number of pyridine rings is 1. The van der Waals surface area contributed by atoms with Crippen LogP contribution in [-0.4, -0.2) is 34.2 Å². The molecule has 5 nitrogen and oxygen atoms in total. The molecule has 1 aromatic heterocycles. The summed E-state index contributed by atoms with van der Waals surface area (Å²) >= 11 is 1.23. The van der Waals surface area contributed by atoms with Crippen molar-refractivity contribution in [3.05, 3.63) is 29.5 Å². The Labute approximate surface area is 142 Å². The maximum Gasteiger partial charge on any atom is 0.491 e. The third-order valence-electron chi connectivity index (χ3n) is 4.23. The molecular weight excluding hydrogens is 311 g/mol. The molecule has 0 radical (unpaired) electrons. The zero-order chi connectivity index (χ0) is 17.3. The monoisotopic (exact) mass is 334 g/mol. The van der Waals surface area contributed by atoms with Crippen LogP contribution >= 0.6 is 11.8 Å². The summed E-state index contributed by atoms with van der Waals surface area (Å²) in [5.74, 6) is 0.494. The SMILES string of the molecule is CC(=O)SCC(=Cc1ccncc1N)B1OC(C)(C)C(C)(C)O1. The first-order valence-electron chi connectivity index (χ1n) is 7.51. The number of carbonyl (C=O) groups is 1. The molecule has 1 saturated heterocycles. The van der Waals surface area contributed by atoms with Gasteiger partial charge in [0.2, 0.25) is 0 Å². The molecule has 7 heteroatoms. The summed E-state index contributed by atoms with van der Waals surface area (Å²) < 4.78 is 12.2. The van der Waals surface area contributed by atoms with Gasteiger partial charge in [-0.05, 0) is 44.8 Å². The van der Waals surface area contributed by atoms with E-state index in [-0.39, 0.29) is 5.12 Å². The van der Waals surface area contributed by atoms with Crippen LogP contribution in [0, 0.1) is 0 Å². The predicted octanol–water partition coefficient (Wildman–Crippen LogP) is 2.96. The van der Waals surface area contributed by atoms with E-state index >= 15 is 0 Å². The van der Waals surface area contributed by atoms with E-state index in [2.05, 4.69) is 4.98 Å². The van der Waals surface area contributed by atoms with Crippen molar-refractivity contribution in [2.75, 3.05) is 11.5 Å². The van der Waals surface area contributed by atoms with Crippen LogP contribution in [0.2, 0.25) is 0 Å². The summed E-state index contributed by atoms with van der Waals surface area (Å²) in [4.78, 5) is 15.4. The number of thioether (sulfide) groups is 1. The molecule has 2 heterocycles. The molecule has 0 spiro atoms. The highest BCUT2D eigenvalue weighted by atomic mass is 32.2. The standard InChI is InChI=1S/C16H23BN2O3S/c1-11(20)23-10-13(8-12-6-7-19-9-14(12)18)17-21-15(2,3)16(4,5)22-17/h6-9H,10,18H2,1-5H3. The number of rotatable bonds is 4. The Morgan fingerprint density at radius 3 is 2.48 bits per heavy atom. The van der Waals surface area contributed by atoms with E-state index in [0.29, 0.717) is 11.4 Å². The maximum absolute atomic E-state index is 11.4. The number of nitrogens with two attached hydrogens (primary N) is 1. The van der Waals surface area contributed by atoms with Gasteiger partial charge in [0.05, 0.1) is 23.1 Å². The van der Waals surface area contributed by atoms with E-state index < -0.39 is 18.3 Å². The normalized spacial score (nSPS) is 19.9. The summed E-state index contributed by atoms with van der Waals surface area (Å²) in [5, 5.41) is 0.0510. The van der Waals surface area contributed by atoms with E-state index in [9.17, 15) is 4.79 Å². The number of aromatic nitrogens is 1. The highest BCUT2D eigenvalue weighted by molar-refractivity contribution is 8.13. The topological polar surface area (TPSA) is 74.4 Å². The smallest absolute Gasteiger partial charge is 0.400 e. The Bertz CT molecular complexity index is 616. The van der Waals surface area contributed by atoms with Crippen LogP contribution in [0.25, 0.3) is 6.08 Å². The van der Waals surface area contributed by atoms with E-state index in [1.165, 1.54) is 11.8 Å². The molecule has 124 valence electrons. The molecular formula is C16H23BN2O3S. The van der Waals surface area contributed by atoms with Crippen LogP contribution in [0.4, 0.5) is 5.69 Å². The highest BCUT2D eigenvalue weighted by Gasteiger charge is 2.52. The lowest BCUT2D eigenvalue weighted by Gasteiger charge is -2.32. The second-order valence-corrected chi connectivity index (χ2v) is 7.74. The Hall–Kier alpha value is -1.31. The molecule has 1 aliphatic rings.